The third kappa shape index (κ3) is 3.87. The summed E-state index contributed by atoms with van der Waals surface area (Å²) in [5, 5.41) is 9.30. The van der Waals surface area contributed by atoms with Crippen molar-refractivity contribution in [2.24, 2.45) is 0 Å². The van der Waals surface area contributed by atoms with E-state index in [-0.39, 0.29) is 11.8 Å². The van der Waals surface area contributed by atoms with Gasteiger partial charge in [-0.25, -0.2) is 4.79 Å². The lowest BCUT2D eigenvalue weighted by atomic mass is 9.91. The topological polar surface area (TPSA) is 57.6 Å². The van der Waals surface area contributed by atoms with Crippen LogP contribution in [0.4, 0.5) is 0 Å². The average molecular weight is 303 g/mol. The van der Waals surface area contributed by atoms with Crippen LogP contribution in [0.5, 0.6) is 0 Å². The quantitative estimate of drug-likeness (QED) is 0.907. The summed E-state index contributed by atoms with van der Waals surface area (Å²) < 4.78 is 0. The summed E-state index contributed by atoms with van der Waals surface area (Å²) in [6, 6.07) is 7.62. The lowest BCUT2D eigenvalue weighted by Gasteiger charge is -2.34. The number of likely N-dealkylation sites (tertiary alicyclic amines) is 1. The molecule has 1 amide bonds. The summed E-state index contributed by atoms with van der Waals surface area (Å²) in [5.74, 6) is -0.750. The van der Waals surface area contributed by atoms with Crippen molar-refractivity contribution < 1.29 is 14.7 Å². The van der Waals surface area contributed by atoms with Crippen LogP contribution < -0.4 is 0 Å². The fraction of sp³-hybridized carbons (Fsp3) is 0.556. The molecule has 1 saturated heterocycles. The van der Waals surface area contributed by atoms with Crippen molar-refractivity contribution in [2.45, 2.75) is 57.9 Å². The third-order valence-corrected chi connectivity index (χ3v) is 4.57. The molecule has 1 N–H and O–H groups in total. The number of carbonyl (C=O) groups is 2. The van der Waals surface area contributed by atoms with Gasteiger partial charge in [0.1, 0.15) is 6.04 Å². The van der Waals surface area contributed by atoms with Crippen LogP contribution in [0, 0.1) is 6.92 Å². The number of aryl methyl sites for hydroxylation is 1. The smallest absolute Gasteiger partial charge is 0.326 e. The predicted octanol–water partition coefficient (Wildman–Crippen LogP) is 3.34. The van der Waals surface area contributed by atoms with Crippen molar-refractivity contribution in [3.63, 3.8) is 0 Å². The van der Waals surface area contributed by atoms with Crippen LogP contribution in [-0.4, -0.2) is 34.5 Å². The molecule has 120 valence electrons. The molecule has 1 aliphatic heterocycles. The Hall–Kier alpha value is -1.84. The van der Waals surface area contributed by atoms with Crippen molar-refractivity contribution in [2.75, 3.05) is 6.54 Å². The van der Waals surface area contributed by atoms with Crippen molar-refractivity contribution in [1.82, 2.24) is 4.90 Å². The zero-order valence-corrected chi connectivity index (χ0v) is 13.4. The van der Waals surface area contributed by atoms with Gasteiger partial charge in [-0.05, 0) is 44.1 Å². The van der Waals surface area contributed by atoms with Crippen LogP contribution in [0.25, 0.3) is 0 Å². The fourth-order valence-corrected chi connectivity index (χ4v) is 3.15. The van der Waals surface area contributed by atoms with Gasteiger partial charge in [0.2, 0.25) is 5.91 Å². The predicted molar refractivity (Wildman–Crippen MR) is 85.8 cm³/mol. The lowest BCUT2D eigenvalue weighted by molar-refractivity contribution is -0.152. The van der Waals surface area contributed by atoms with E-state index in [1.165, 1.54) is 5.56 Å². The van der Waals surface area contributed by atoms with E-state index in [9.17, 15) is 14.7 Å². The SMILES string of the molecule is CCC(CC(=O)N1CCCCC1C(=O)O)c1ccc(C)cc1. The van der Waals surface area contributed by atoms with Gasteiger partial charge in [0.05, 0.1) is 0 Å². The highest BCUT2D eigenvalue weighted by atomic mass is 16.4. The minimum atomic E-state index is -0.878. The molecule has 2 unspecified atom stereocenters. The molecule has 1 heterocycles. The maximum absolute atomic E-state index is 12.6. The van der Waals surface area contributed by atoms with Crippen molar-refractivity contribution in [3.05, 3.63) is 35.4 Å². The van der Waals surface area contributed by atoms with Gasteiger partial charge in [0, 0.05) is 13.0 Å². The van der Waals surface area contributed by atoms with Gasteiger partial charge in [-0.1, -0.05) is 36.8 Å². The first-order chi connectivity index (χ1) is 10.5. The third-order valence-electron chi connectivity index (χ3n) is 4.57. The number of benzene rings is 1. The molecule has 1 aliphatic rings. The van der Waals surface area contributed by atoms with E-state index < -0.39 is 12.0 Å². The summed E-state index contributed by atoms with van der Waals surface area (Å²) in [4.78, 5) is 25.5. The Kier molecular flexibility index (Phi) is 5.58. The molecule has 0 radical (unpaired) electrons. The highest BCUT2D eigenvalue weighted by Crippen LogP contribution is 2.26. The van der Waals surface area contributed by atoms with Gasteiger partial charge in [-0.3, -0.25) is 4.79 Å². The molecule has 1 aromatic carbocycles. The van der Waals surface area contributed by atoms with Crippen LogP contribution in [0.3, 0.4) is 0 Å². The van der Waals surface area contributed by atoms with Crippen LogP contribution in [0.1, 0.15) is 56.1 Å². The first-order valence-corrected chi connectivity index (χ1v) is 8.11. The molecule has 1 fully saturated rings. The molecule has 1 aromatic rings. The van der Waals surface area contributed by atoms with Gasteiger partial charge in [-0.15, -0.1) is 0 Å². The second-order valence-corrected chi connectivity index (χ2v) is 6.16. The minimum Gasteiger partial charge on any atom is -0.480 e. The van der Waals surface area contributed by atoms with Crippen molar-refractivity contribution >= 4 is 11.9 Å². The fourth-order valence-electron chi connectivity index (χ4n) is 3.15. The molecular weight excluding hydrogens is 278 g/mol. The number of carboxylic acids is 1. The molecular formula is C18H25NO3. The monoisotopic (exact) mass is 303 g/mol. The number of carbonyl (C=O) groups excluding carboxylic acids is 1. The van der Waals surface area contributed by atoms with Gasteiger partial charge < -0.3 is 10.0 Å². The maximum atomic E-state index is 12.6. The molecule has 0 bridgehead atoms. The molecule has 2 atom stereocenters. The van der Waals surface area contributed by atoms with Gasteiger partial charge in [0.15, 0.2) is 0 Å². The van der Waals surface area contributed by atoms with Crippen LogP contribution in [-0.2, 0) is 9.59 Å². The Labute approximate surface area is 132 Å². The number of nitrogens with zero attached hydrogens (tertiary/aromatic N) is 1. The summed E-state index contributed by atoms with van der Waals surface area (Å²) in [6.07, 6.45) is 3.62. The molecule has 0 saturated carbocycles. The molecule has 0 aliphatic carbocycles. The largest absolute Gasteiger partial charge is 0.480 e. The molecule has 2 rings (SSSR count). The molecule has 0 aromatic heterocycles. The Morgan fingerprint density at radius 1 is 1.27 bits per heavy atom. The standard InChI is InChI=1S/C18H25NO3/c1-3-14(15-9-7-13(2)8-10-15)12-17(20)19-11-5-4-6-16(19)18(21)22/h7-10,14,16H,3-6,11-12H2,1-2H3,(H,21,22). The normalized spacial score (nSPS) is 19.7. The number of amides is 1. The zero-order chi connectivity index (χ0) is 16.1. The summed E-state index contributed by atoms with van der Waals surface area (Å²) in [5.41, 5.74) is 2.36. The molecule has 4 nitrogen and oxygen atoms in total. The number of carboxylic acid groups (broad SMARTS) is 1. The number of aliphatic carboxylic acids is 1. The van der Waals surface area contributed by atoms with Gasteiger partial charge >= 0.3 is 5.97 Å². The van der Waals surface area contributed by atoms with Crippen LogP contribution in [0.2, 0.25) is 0 Å². The number of rotatable bonds is 5. The first-order valence-electron chi connectivity index (χ1n) is 8.11. The van der Waals surface area contributed by atoms with E-state index in [1.807, 2.05) is 6.92 Å². The van der Waals surface area contributed by atoms with E-state index in [0.29, 0.717) is 19.4 Å². The summed E-state index contributed by atoms with van der Waals surface area (Å²) in [7, 11) is 0. The Morgan fingerprint density at radius 2 is 1.95 bits per heavy atom. The van der Waals surface area contributed by atoms with Gasteiger partial charge in [-0.2, -0.15) is 0 Å². The van der Waals surface area contributed by atoms with E-state index in [1.54, 1.807) is 4.90 Å². The molecule has 0 spiro atoms. The zero-order valence-electron chi connectivity index (χ0n) is 13.4. The van der Waals surface area contributed by atoms with E-state index in [0.717, 1.165) is 24.8 Å². The minimum absolute atomic E-state index is 0.0282. The Bertz CT molecular complexity index is 524. The summed E-state index contributed by atoms with van der Waals surface area (Å²) >= 11 is 0. The number of hydrogen-bond donors (Lipinski definition) is 1. The van der Waals surface area contributed by atoms with E-state index in [4.69, 9.17) is 0 Å². The van der Waals surface area contributed by atoms with E-state index in [2.05, 4.69) is 31.2 Å². The number of hydrogen-bond acceptors (Lipinski definition) is 2. The summed E-state index contributed by atoms with van der Waals surface area (Å²) in [6.45, 7) is 4.68. The van der Waals surface area contributed by atoms with Gasteiger partial charge in [0.25, 0.3) is 0 Å². The maximum Gasteiger partial charge on any atom is 0.326 e. The second kappa shape index (κ2) is 7.43. The Balaban J connectivity index is 2.07. The first kappa shape index (κ1) is 16.5. The van der Waals surface area contributed by atoms with Crippen LogP contribution in [0.15, 0.2) is 24.3 Å². The molecule has 22 heavy (non-hydrogen) atoms. The van der Waals surface area contributed by atoms with Crippen molar-refractivity contribution in [1.29, 1.82) is 0 Å². The van der Waals surface area contributed by atoms with Crippen molar-refractivity contribution in [3.8, 4) is 0 Å². The Morgan fingerprint density at radius 3 is 2.55 bits per heavy atom. The molecule has 4 heteroatoms. The highest BCUT2D eigenvalue weighted by molar-refractivity contribution is 5.84. The highest BCUT2D eigenvalue weighted by Gasteiger charge is 2.32. The lowest BCUT2D eigenvalue weighted by Crippen LogP contribution is -2.48. The number of piperidine rings is 1. The van der Waals surface area contributed by atoms with E-state index >= 15 is 0 Å². The average Bonchev–Trinajstić information content (AvgIpc) is 2.53. The van der Waals surface area contributed by atoms with Crippen LogP contribution >= 0.6 is 0 Å². The second-order valence-electron chi connectivity index (χ2n) is 6.16.